The fourth-order valence-electron chi connectivity index (χ4n) is 0. The molecule has 0 aliphatic heterocycles. The lowest BCUT2D eigenvalue weighted by atomic mass is 12.0. The van der Waals surface area contributed by atoms with E-state index < -0.39 is 6.72 Å². The van der Waals surface area contributed by atoms with Crippen LogP contribution in [0.2, 0.25) is 0 Å². The Morgan fingerprint density at radius 1 is 2.00 bits per heavy atom. The summed E-state index contributed by atoms with van der Waals surface area (Å²) in [6, 6.07) is 0. The lowest BCUT2D eigenvalue weighted by molar-refractivity contribution is -0.166. The molecule has 32 valence electrons. The van der Waals surface area contributed by atoms with Gasteiger partial charge in [-0.15, -0.1) is 0 Å². The molecule has 1 unspecified atom stereocenters. The van der Waals surface area contributed by atoms with Crippen LogP contribution in [-0.4, -0.2) is 6.66 Å². The Morgan fingerprint density at radius 2 is 2.00 bits per heavy atom. The maximum absolute atomic E-state index is 9.43. The molecular formula is CH3ClO2P-. The van der Waals surface area contributed by atoms with E-state index in [1.807, 2.05) is 0 Å². The quantitative estimate of drug-likeness (QED) is 0.427. The fraction of sp³-hybridized carbons (Fsp3) is 1.00. The largest absolute Gasteiger partial charge is 0.788 e. The summed E-state index contributed by atoms with van der Waals surface area (Å²) < 4.78 is 9.43. The van der Waals surface area contributed by atoms with Crippen molar-refractivity contribution in [3.8, 4) is 0 Å². The molecule has 0 fully saturated rings. The Bertz CT molecular complexity index is 55.8. The maximum atomic E-state index is 9.43. The van der Waals surface area contributed by atoms with Crippen LogP contribution < -0.4 is 4.89 Å². The third-order valence-corrected chi connectivity index (χ3v) is 0. The van der Waals surface area contributed by atoms with Crippen molar-refractivity contribution in [2.75, 3.05) is 6.66 Å². The van der Waals surface area contributed by atoms with E-state index in [2.05, 4.69) is 11.2 Å². The molecule has 0 N–H and O–H groups in total. The minimum Gasteiger partial charge on any atom is -0.788 e. The van der Waals surface area contributed by atoms with Gasteiger partial charge in [0.15, 0.2) is 0 Å². The predicted molar refractivity (Wildman–Crippen MR) is 19.4 cm³/mol. The van der Waals surface area contributed by atoms with E-state index in [-0.39, 0.29) is 0 Å². The van der Waals surface area contributed by atoms with Crippen molar-refractivity contribution in [2.45, 2.75) is 0 Å². The lowest BCUT2D eigenvalue weighted by Gasteiger charge is -2.02. The van der Waals surface area contributed by atoms with Crippen molar-refractivity contribution in [1.29, 1.82) is 0 Å². The highest BCUT2D eigenvalue weighted by Gasteiger charge is 1.81. The van der Waals surface area contributed by atoms with Crippen molar-refractivity contribution in [2.24, 2.45) is 0 Å². The number of hydrogen-bond acceptors (Lipinski definition) is 2. The average molecular weight is 113 g/mol. The monoisotopic (exact) mass is 113 g/mol. The van der Waals surface area contributed by atoms with Crippen LogP contribution in [0.15, 0.2) is 0 Å². The van der Waals surface area contributed by atoms with Crippen LogP contribution in [0.3, 0.4) is 0 Å². The lowest BCUT2D eigenvalue weighted by Crippen LogP contribution is -1.87. The van der Waals surface area contributed by atoms with Gasteiger partial charge in [0.2, 0.25) is 0 Å². The highest BCUT2D eigenvalue weighted by atomic mass is 35.7. The molecule has 0 radical (unpaired) electrons. The van der Waals surface area contributed by atoms with Crippen molar-refractivity contribution in [1.82, 2.24) is 0 Å². The zero-order chi connectivity index (χ0) is 4.50. The van der Waals surface area contributed by atoms with Gasteiger partial charge in [-0.05, 0) is 6.66 Å². The average Bonchev–Trinajstić information content (AvgIpc) is 0.722. The zero-order valence-corrected chi connectivity index (χ0v) is 4.29. The van der Waals surface area contributed by atoms with Crippen LogP contribution in [0, 0.1) is 0 Å². The van der Waals surface area contributed by atoms with Crippen molar-refractivity contribution < 1.29 is 9.46 Å². The van der Waals surface area contributed by atoms with Crippen LogP contribution >= 0.6 is 18.0 Å². The first kappa shape index (κ1) is 5.48. The van der Waals surface area contributed by atoms with Gasteiger partial charge in [0.05, 0.1) is 6.72 Å². The minimum absolute atomic E-state index is 0.953. The molecule has 0 amide bonds. The van der Waals surface area contributed by atoms with Gasteiger partial charge in [0.1, 0.15) is 0 Å². The fourth-order valence-corrected chi connectivity index (χ4v) is 0. The molecule has 0 rings (SSSR count). The first-order chi connectivity index (χ1) is 2.00. The zero-order valence-electron chi connectivity index (χ0n) is 2.64. The Balaban J connectivity index is 3.47. The minimum atomic E-state index is -3.42. The number of halogens is 1. The molecule has 0 aliphatic rings. The summed E-state index contributed by atoms with van der Waals surface area (Å²) in [6.07, 6.45) is 0. The molecular weight excluding hydrogens is 110 g/mol. The van der Waals surface area contributed by atoms with Gasteiger partial charge in [-0.1, -0.05) is 11.2 Å². The molecule has 0 aliphatic carbocycles. The second-order valence-corrected chi connectivity index (χ2v) is 4.08. The maximum Gasteiger partial charge on any atom is 0.0978 e. The second kappa shape index (κ2) is 1.29. The first-order valence-electron chi connectivity index (χ1n) is 0.981. The summed E-state index contributed by atoms with van der Waals surface area (Å²) in [6.45, 7) is -2.46. The van der Waals surface area contributed by atoms with Crippen molar-refractivity contribution in [3.05, 3.63) is 0 Å². The van der Waals surface area contributed by atoms with Gasteiger partial charge in [0, 0.05) is 0 Å². The van der Waals surface area contributed by atoms with Crippen molar-refractivity contribution in [3.63, 3.8) is 0 Å². The Morgan fingerprint density at radius 3 is 2.00 bits per heavy atom. The molecule has 0 saturated heterocycles. The van der Waals surface area contributed by atoms with Crippen LogP contribution in [-0.2, 0) is 4.57 Å². The third-order valence-electron chi connectivity index (χ3n) is 0. The first-order valence-corrected chi connectivity index (χ1v) is 3.96. The Kier molecular flexibility index (Phi) is 1.42. The van der Waals surface area contributed by atoms with E-state index in [9.17, 15) is 9.46 Å². The van der Waals surface area contributed by atoms with E-state index >= 15 is 0 Å². The molecule has 0 bridgehead atoms. The standard InChI is InChI=1S/CH4ClO2P/c1-5(2,3)4/h1H3,(H,3,4)/p-1. The van der Waals surface area contributed by atoms with Crippen LogP contribution in [0.1, 0.15) is 0 Å². The van der Waals surface area contributed by atoms with Crippen molar-refractivity contribution >= 4 is 18.0 Å². The summed E-state index contributed by atoms with van der Waals surface area (Å²) in [5.41, 5.74) is 0. The summed E-state index contributed by atoms with van der Waals surface area (Å²) in [5, 5.41) is 0. The molecule has 2 nitrogen and oxygen atoms in total. The normalized spacial score (nSPS) is 21.4. The Labute approximate surface area is 35.0 Å². The van der Waals surface area contributed by atoms with E-state index in [1.54, 1.807) is 0 Å². The molecule has 0 spiro atoms. The van der Waals surface area contributed by atoms with Gasteiger partial charge in [0.25, 0.3) is 0 Å². The van der Waals surface area contributed by atoms with Crippen LogP contribution in [0.4, 0.5) is 0 Å². The van der Waals surface area contributed by atoms with Gasteiger partial charge in [-0.3, -0.25) is 0 Å². The van der Waals surface area contributed by atoms with E-state index in [0.717, 1.165) is 6.66 Å². The Hall–Kier alpha value is 0.480. The van der Waals surface area contributed by atoms with Crippen LogP contribution in [0.5, 0.6) is 0 Å². The molecule has 0 aromatic carbocycles. The number of hydrogen-bond donors (Lipinski definition) is 0. The molecule has 4 heteroatoms. The summed E-state index contributed by atoms with van der Waals surface area (Å²) in [7, 11) is 0. The van der Waals surface area contributed by atoms with Gasteiger partial charge in [-0.2, -0.15) is 0 Å². The molecule has 5 heavy (non-hydrogen) atoms. The summed E-state index contributed by atoms with van der Waals surface area (Å²) in [5.74, 6) is 0. The van der Waals surface area contributed by atoms with Gasteiger partial charge >= 0.3 is 0 Å². The molecule has 1 atom stereocenters. The third kappa shape index (κ3) is 120. The number of rotatable bonds is 0. The smallest absolute Gasteiger partial charge is 0.0978 e. The van der Waals surface area contributed by atoms with Gasteiger partial charge in [-0.25, -0.2) is 0 Å². The SMILES string of the molecule is CP(=O)([O-])Cl. The van der Waals surface area contributed by atoms with Crippen LogP contribution in [0.25, 0.3) is 0 Å². The molecule has 0 aromatic heterocycles. The molecule has 0 saturated carbocycles. The highest BCUT2D eigenvalue weighted by Crippen LogP contribution is 2.35. The topological polar surface area (TPSA) is 40.1 Å². The summed E-state index contributed by atoms with van der Waals surface area (Å²) >= 11 is 4.53. The van der Waals surface area contributed by atoms with Gasteiger partial charge < -0.3 is 9.46 Å². The van der Waals surface area contributed by atoms with E-state index in [1.165, 1.54) is 0 Å². The summed E-state index contributed by atoms with van der Waals surface area (Å²) in [4.78, 5) is 9.43. The predicted octanol–water partition coefficient (Wildman–Crippen LogP) is 0.408. The van der Waals surface area contributed by atoms with E-state index in [0.29, 0.717) is 0 Å². The molecule has 0 aromatic rings. The van der Waals surface area contributed by atoms with E-state index in [4.69, 9.17) is 0 Å². The molecule has 0 heterocycles. The second-order valence-electron chi connectivity index (χ2n) is 0.747. The highest BCUT2D eigenvalue weighted by molar-refractivity contribution is 7.82.